The lowest BCUT2D eigenvalue weighted by molar-refractivity contribution is 0.132. The van der Waals surface area contributed by atoms with Gasteiger partial charge in [-0.2, -0.15) is 0 Å². The predicted molar refractivity (Wildman–Crippen MR) is 46.9 cm³/mol. The van der Waals surface area contributed by atoms with E-state index in [0.29, 0.717) is 12.5 Å². The van der Waals surface area contributed by atoms with Gasteiger partial charge in [-0.1, -0.05) is 13.8 Å². The van der Waals surface area contributed by atoms with Gasteiger partial charge in [0, 0.05) is 6.54 Å². The largest absolute Gasteiger partial charge is 0.449 e. The second-order valence-electron chi connectivity index (χ2n) is 3.82. The Morgan fingerprint density at radius 2 is 2.25 bits per heavy atom. The van der Waals surface area contributed by atoms with Crippen LogP contribution in [-0.2, 0) is 4.74 Å². The highest BCUT2D eigenvalue weighted by Crippen LogP contribution is 2.27. The van der Waals surface area contributed by atoms with Gasteiger partial charge in [0.2, 0.25) is 0 Å². The van der Waals surface area contributed by atoms with E-state index in [9.17, 15) is 4.79 Å². The third-order valence-electron chi connectivity index (χ3n) is 1.78. The molecule has 3 nitrogen and oxygen atoms in total. The van der Waals surface area contributed by atoms with Gasteiger partial charge in [0.05, 0.1) is 6.61 Å². The van der Waals surface area contributed by atoms with Crippen LogP contribution in [0.2, 0.25) is 0 Å². The molecular formula is C9H17NO2. The Morgan fingerprint density at radius 3 is 2.75 bits per heavy atom. The van der Waals surface area contributed by atoms with Gasteiger partial charge in [0.25, 0.3) is 0 Å². The highest BCUT2D eigenvalue weighted by Gasteiger charge is 2.21. The minimum atomic E-state index is -0.268. The second kappa shape index (κ2) is 4.33. The van der Waals surface area contributed by atoms with E-state index in [1.807, 2.05) is 13.8 Å². The molecule has 0 aliphatic heterocycles. The Bertz CT molecular complexity index is 145. The van der Waals surface area contributed by atoms with Crippen LogP contribution in [0.3, 0.4) is 0 Å². The first kappa shape index (κ1) is 9.36. The van der Waals surface area contributed by atoms with Crippen LogP contribution >= 0.6 is 0 Å². The van der Waals surface area contributed by atoms with E-state index >= 15 is 0 Å². The molecule has 0 spiro atoms. The number of nitrogens with one attached hydrogen (secondary N) is 1. The number of hydrogen-bond donors (Lipinski definition) is 1. The number of ether oxygens (including phenoxy) is 1. The maximum atomic E-state index is 10.9. The zero-order chi connectivity index (χ0) is 8.97. The van der Waals surface area contributed by atoms with Crippen molar-refractivity contribution in [3.63, 3.8) is 0 Å². The van der Waals surface area contributed by atoms with Gasteiger partial charge in [-0.05, 0) is 24.7 Å². The summed E-state index contributed by atoms with van der Waals surface area (Å²) < 4.78 is 4.93. The van der Waals surface area contributed by atoms with Gasteiger partial charge in [-0.15, -0.1) is 0 Å². The summed E-state index contributed by atoms with van der Waals surface area (Å²) in [7, 11) is 0. The Hall–Kier alpha value is -0.730. The zero-order valence-corrected chi connectivity index (χ0v) is 7.80. The summed E-state index contributed by atoms with van der Waals surface area (Å²) in [6.45, 7) is 5.34. The van der Waals surface area contributed by atoms with Crippen LogP contribution in [0.4, 0.5) is 4.79 Å². The van der Waals surface area contributed by atoms with Crippen molar-refractivity contribution in [1.82, 2.24) is 5.32 Å². The van der Waals surface area contributed by atoms with Crippen LogP contribution in [0.1, 0.15) is 26.7 Å². The molecule has 0 bridgehead atoms. The smallest absolute Gasteiger partial charge is 0.407 e. The number of hydrogen-bond acceptors (Lipinski definition) is 2. The number of alkyl carbamates (subject to hydrolysis) is 1. The van der Waals surface area contributed by atoms with E-state index in [2.05, 4.69) is 5.32 Å². The lowest BCUT2D eigenvalue weighted by atomic mass is 10.2. The number of carbonyl (C=O) groups excluding carboxylic acids is 1. The molecule has 0 radical (unpaired) electrons. The number of carbonyl (C=O) groups is 1. The average Bonchev–Trinajstić information content (AvgIpc) is 2.80. The van der Waals surface area contributed by atoms with E-state index in [0.717, 1.165) is 12.5 Å². The maximum Gasteiger partial charge on any atom is 0.407 e. The molecule has 0 aromatic carbocycles. The van der Waals surface area contributed by atoms with Crippen molar-refractivity contribution in [3.05, 3.63) is 0 Å². The highest BCUT2D eigenvalue weighted by atomic mass is 16.5. The van der Waals surface area contributed by atoms with Gasteiger partial charge < -0.3 is 10.1 Å². The molecule has 1 aliphatic carbocycles. The maximum absolute atomic E-state index is 10.9. The fraction of sp³-hybridized carbons (Fsp3) is 0.889. The van der Waals surface area contributed by atoms with E-state index in [4.69, 9.17) is 4.74 Å². The summed E-state index contributed by atoms with van der Waals surface area (Å²) in [5.41, 5.74) is 0. The van der Waals surface area contributed by atoms with E-state index in [1.54, 1.807) is 0 Å². The molecule has 0 unspecified atom stereocenters. The van der Waals surface area contributed by atoms with Crippen LogP contribution in [0.25, 0.3) is 0 Å². The predicted octanol–water partition coefficient (Wildman–Crippen LogP) is 1.78. The minimum absolute atomic E-state index is 0.268. The first-order valence-corrected chi connectivity index (χ1v) is 4.59. The zero-order valence-electron chi connectivity index (χ0n) is 7.80. The lowest BCUT2D eigenvalue weighted by Crippen LogP contribution is -2.27. The van der Waals surface area contributed by atoms with Gasteiger partial charge in [-0.3, -0.25) is 0 Å². The molecule has 0 heterocycles. The van der Waals surface area contributed by atoms with Crippen LogP contribution in [0.15, 0.2) is 0 Å². The van der Waals surface area contributed by atoms with Crippen LogP contribution in [0, 0.1) is 11.8 Å². The van der Waals surface area contributed by atoms with Crippen molar-refractivity contribution in [2.45, 2.75) is 26.7 Å². The number of rotatable bonds is 4. The Balaban J connectivity index is 1.95. The molecule has 12 heavy (non-hydrogen) atoms. The Kier molecular flexibility index (Phi) is 3.38. The summed E-state index contributed by atoms with van der Waals surface area (Å²) in [4.78, 5) is 10.9. The standard InChI is InChI=1S/C9H17NO2/c1-7(2)6-12-9(11)10-5-8-3-4-8/h7-8H,3-6H2,1-2H3,(H,10,11). The van der Waals surface area contributed by atoms with Crippen molar-refractivity contribution in [3.8, 4) is 0 Å². The molecule has 0 aromatic rings. The summed E-state index contributed by atoms with van der Waals surface area (Å²) in [5.74, 6) is 1.13. The van der Waals surface area contributed by atoms with Gasteiger partial charge >= 0.3 is 6.09 Å². The van der Waals surface area contributed by atoms with Crippen molar-refractivity contribution >= 4 is 6.09 Å². The first-order chi connectivity index (χ1) is 5.68. The molecule has 70 valence electrons. The van der Waals surface area contributed by atoms with Crippen molar-refractivity contribution in [2.75, 3.05) is 13.2 Å². The van der Waals surface area contributed by atoms with E-state index in [1.165, 1.54) is 12.8 Å². The topological polar surface area (TPSA) is 38.3 Å². The van der Waals surface area contributed by atoms with E-state index in [-0.39, 0.29) is 6.09 Å². The highest BCUT2D eigenvalue weighted by molar-refractivity contribution is 5.67. The molecule has 0 aromatic heterocycles. The van der Waals surface area contributed by atoms with E-state index < -0.39 is 0 Å². The monoisotopic (exact) mass is 171 g/mol. The van der Waals surface area contributed by atoms with Gasteiger partial charge in [0.15, 0.2) is 0 Å². The number of amides is 1. The molecule has 0 saturated heterocycles. The van der Waals surface area contributed by atoms with Crippen LogP contribution in [0.5, 0.6) is 0 Å². The van der Waals surface area contributed by atoms with Crippen molar-refractivity contribution in [1.29, 1.82) is 0 Å². The molecule has 1 amide bonds. The molecule has 1 saturated carbocycles. The summed E-state index contributed by atoms with van der Waals surface area (Å²) in [6, 6.07) is 0. The molecule has 1 fully saturated rings. The van der Waals surface area contributed by atoms with Gasteiger partial charge in [-0.25, -0.2) is 4.79 Å². The Labute approximate surface area is 73.5 Å². The summed E-state index contributed by atoms with van der Waals surface area (Å²) >= 11 is 0. The molecule has 1 N–H and O–H groups in total. The summed E-state index contributed by atoms with van der Waals surface area (Å²) in [5, 5.41) is 2.74. The molecule has 3 heteroatoms. The fourth-order valence-corrected chi connectivity index (χ4v) is 0.843. The molecule has 1 rings (SSSR count). The van der Waals surface area contributed by atoms with Crippen molar-refractivity contribution in [2.24, 2.45) is 11.8 Å². The fourth-order valence-electron chi connectivity index (χ4n) is 0.843. The quantitative estimate of drug-likeness (QED) is 0.700. The lowest BCUT2D eigenvalue weighted by Gasteiger charge is -2.07. The Morgan fingerprint density at radius 1 is 1.58 bits per heavy atom. The second-order valence-corrected chi connectivity index (χ2v) is 3.82. The third-order valence-corrected chi connectivity index (χ3v) is 1.78. The third kappa shape index (κ3) is 4.21. The van der Waals surface area contributed by atoms with Crippen LogP contribution in [-0.4, -0.2) is 19.2 Å². The molecular weight excluding hydrogens is 154 g/mol. The van der Waals surface area contributed by atoms with Crippen LogP contribution < -0.4 is 5.32 Å². The SMILES string of the molecule is CC(C)COC(=O)NCC1CC1. The minimum Gasteiger partial charge on any atom is -0.449 e. The molecule has 1 aliphatic rings. The van der Waals surface area contributed by atoms with Crippen molar-refractivity contribution < 1.29 is 9.53 Å². The normalized spacial score (nSPS) is 16.2. The average molecular weight is 171 g/mol. The first-order valence-electron chi connectivity index (χ1n) is 4.59. The van der Waals surface area contributed by atoms with Gasteiger partial charge in [0.1, 0.15) is 0 Å². The summed E-state index contributed by atoms with van der Waals surface area (Å²) in [6.07, 6.45) is 2.24. The molecule has 0 atom stereocenters.